The normalized spacial score (nSPS) is 39.8. The van der Waals surface area contributed by atoms with Crippen molar-refractivity contribution in [1.82, 2.24) is 0 Å². The second-order valence-electron chi connectivity index (χ2n) is 3.27. The first kappa shape index (κ1) is 6.35. The van der Waals surface area contributed by atoms with E-state index in [9.17, 15) is 4.79 Å². The van der Waals surface area contributed by atoms with Crippen LogP contribution in [0.2, 0.25) is 0 Å². The zero-order valence-corrected chi connectivity index (χ0v) is 6.06. The molecule has 1 heterocycles. The van der Waals surface area contributed by atoms with E-state index in [4.69, 9.17) is 4.74 Å². The van der Waals surface area contributed by atoms with Crippen molar-refractivity contribution in [2.24, 2.45) is 0 Å². The molecule has 0 aromatic heterocycles. The predicted molar refractivity (Wildman–Crippen MR) is 36.8 cm³/mol. The molecule has 0 aromatic carbocycles. The fourth-order valence-electron chi connectivity index (χ4n) is 1.63. The van der Waals surface area contributed by atoms with E-state index in [1.54, 1.807) is 0 Å². The van der Waals surface area contributed by atoms with Gasteiger partial charge in [-0.3, -0.25) is 4.79 Å². The van der Waals surface area contributed by atoms with Gasteiger partial charge in [0, 0.05) is 6.42 Å². The number of Topliss-reactive ketones (excluding diaryl/α,β-unsaturated/α-hetero) is 1. The summed E-state index contributed by atoms with van der Waals surface area (Å²) in [7, 11) is 0. The van der Waals surface area contributed by atoms with Crippen molar-refractivity contribution in [3.63, 3.8) is 0 Å². The molecule has 1 aliphatic heterocycles. The summed E-state index contributed by atoms with van der Waals surface area (Å²) >= 11 is 0. The van der Waals surface area contributed by atoms with E-state index < -0.39 is 0 Å². The second kappa shape index (κ2) is 2.06. The molecule has 1 aliphatic carbocycles. The Bertz CT molecular complexity index is 159. The molecule has 0 aromatic rings. The summed E-state index contributed by atoms with van der Waals surface area (Å²) in [5.41, 5.74) is -0.267. The molecule has 0 amide bonds. The Labute approximate surface area is 60.6 Å². The van der Waals surface area contributed by atoms with Gasteiger partial charge < -0.3 is 4.74 Å². The van der Waals surface area contributed by atoms with Crippen molar-refractivity contribution >= 4 is 5.78 Å². The minimum atomic E-state index is -0.267. The van der Waals surface area contributed by atoms with E-state index in [-0.39, 0.29) is 5.60 Å². The van der Waals surface area contributed by atoms with Crippen LogP contribution in [0.1, 0.15) is 32.1 Å². The summed E-state index contributed by atoms with van der Waals surface area (Å²) in [6.07, 6.45) is 5.18. The molecule has 1 saturated carbocycles. The quantitative estimate of drug-likeness (QED) is 0.474. The summed E-state index contributed by atoms with van der Waals surface area (Å²) in [5, 5.41) is 0. The Hall–Kier alpha value is -0.370. The van der Waals surface area contributed by atoms with Crippen LogP contribution in [0.25, 0.3) is 0 Å². The number of ether oxygens (including phenoxy) is 1. The minimum absolute atomic E-state index is 0.267. The van der Waals surface area contributed by atoms with Crippen LogP contribution in [-0.2, 0) is 9.53 Å². The maximum Gasteiger partial charge on any atom is 0.167 e. The zero-order chi connectivity index (χ0) is 7.03. The third-order valence-electron chi connectivity index (χ3n) is 2.49. The topological polar surface area (TPSA) is 29.6 Å². The maximum atomic E-state index is 11.3. The number of carbonyl (C=O) groups excluding carboxylic acids is 1. The lowest BCUT2D eigenvalue weighted by atomic mass is 10.0. The van der Waals surface area contributed by atoms with Gasteiger partial charge in [-0.25, -0.2) is 0 Å². The van der Waals surface area contributed by atoms with Crippen LogP contribution in [0.3, 0.4) is 0 Å². The Morgan fingerprint density at radius 3 is 2.80 bits per heavy atom. The molecule has 0 N–H and O–H groups in total. The molecule has 2 rings (SSSR count). The molecular formula is C8H12O2. The van der Waals surface area contributed by atoms with Gasteiger partial charge in [-0.1, -0.05) is 12.8 Å². The third kappa shape index (κ3) is 0.870. The summed E-state index contributed by atoms with van der Waals surface area (Å²) in [6, 6.07) is 0. The van der Waals surface area contributed by atoms with Crippen LogP contribution in [-0.4, -0.2) is 18.0 Å². The van der Waals surface area contributed by atoms with Gasteiger partial charge in [-0.05, 0) is 12.8 Å². The van der Waals surface area contributed by atoms with Gasteiger partial charge in [-0.2, -0.15) is 0 Å². The van der Waals surface area contributed by atoms with E-state index in [1.165, 1.54) is 12.8 Å². The highest BCUT2D eigenvalue weighted by molar-refractivity contribution is 5.89. The smallest absolute Gasteiger partial charge is 0.167 e. The molecule has 1 atom stereocenters. The van der Waals surface area contributed by atoms with Gasteiger partial charge in [0.25, 0.3) is 0 Å². The van der Waals surface area contributed by atoms with Gasteiger partial charge in [0.2, 0.25) is 0 Å². The summed E-state index contributed by atoms with van der Waals surface area (Å²) in [4.78, 5) is 11.3. The Morgan fingerprint density at radius 2 is 2.10 bits per heavy atom. The van der Waals surface area contributed by atoms with Gasteiger partial charge in [-0.15, -0.1) is 0 Å². The first-order valence-electron chi connectivity index (χ1n) is 4.01. The first-order valence-corrected chi connectivity index (χ1v) is 4.01. The standard InChI is InChI=1S/C8H12O2/c9-7-4-2-1-3-5-8(7)6-10-8/h1-6H2/t8-/m0/s1. The zero-order valence-electron chi connectivity index (χ0n) is 6.06. The van der Waals surface area contributed by atoms with Gasteiger partial charge in [0.15, 0.2) is 5.78 Å². The third-order valence-corrected chi connectivity index (χ3v) is 2.49. The largest absolute Gasteiger partial charge is 0.361 e. The summed E-state index contributed by atoms with van der Waals surface area (Å²) in [5.74, 6) is 0.352. The molecule has 0 bridgehead atoms. The number of hydrogen-bond donors (Lipinski definition) is 0. The van der Waals surface area contributed by atoms with Crippen molar-refractivity contribution in [2.45, 2.75) is 37.7 Å². The molecule has 10 heavy (non-hydrogen) atoms. The number of carbonyl (C=O) groups is 1. The van der Waals surface area contributed by atoms with Crippen LogP contribution in [0.4, 0.5) is 0 Å². The van der Waals surface area contributed by atoms with E-state index >= 15 is 0 Å². The van der Waals surface area contributed by atoms with Gasteiger partial charge >= 0.3 is 0 Å². The number of epoxide rings is 1. The Kier molecular flexibility index (Phi) is 1.31. The lowest BCUT2D eigenvalue weighted by Crippen LogP contribution is -2.22. The van der Waals surface area contributed by atoms with Crippen LogP contribution < -0.4 is 0 Å². The monoisotopic (exact) mass is 140 g/mol. The Morgan fingerprint density at radius 1 is 1.30 bits per heavy atom. The summed E-state index contributed by atoms with van der Waals surface area (Å²) < 4.78 is 5.18. The summed E-state index contributed by atoms with van der Waals surface area (Å²) in [6.45, 7) is 0.700. The van der Waals surface area contributed by atoms with Crippen LogP contribution >= 0.6 is 0 Å². The highest BCUT2D eigenvalue weighted by Gasteiger charge is 2.50. The van der Waals surface area contributed by atoms with Crippen molar-refractivity contribution in [1.29, 1.82) is 0 Å². The number of rotatable bonds is 0. The molecule has 56 valence electrons. The molecule has 0 radical (unpaired) electrons. The molecule has 1 saturated heterocycles. The molecule has 2 heteroatoms. The van der Waals surface area contributed by atoms with Crippen molar-refractivity contribution in [2.75, 3.05) is 6.61 Å². The Balaban J connectivity index is 2.09. The van der Waals surface area contributed by atoms with Crippen LogP contribution in [0.5, 0.6) is 0 Å². The van der Waals surface area contributed by atoms with Crippen LogP contribution in [0, 0.1) is 0 Å². The minimum Gasteiger partial charge on any atom is -0.361 e. The van der Waals surface area contributed by atoms with Crippen molar-refractivity contribution < 1.29 is 9.53 Å². The molecule has 2 fully saturated rings. The van der Waals surface area contributed by atoms with Crippen molar-refractivity contribution in [3.8, 4) is 0 Å². The number of ketones is 1. The predicted octanol–water partition coefficient (Wildman–Crippen LogP) is 1.29. The maximum absolute atomic E-state index is 11.3. The second-order valence-corrected chi connectivity index (χ2v) is 3.27. The van der Waals surface area contributed by atoms with Gasteiger partial charge in [0.1, 0.15) is 5.60 Å². The number of hydrogen-bond acceptors (Lipinski definition) is 2. The van der Waals surface area contributed by atoms with E-state index in [0.717, 1.165) is 19.3 Å². The molecule has 0 unspecified atom stereocenters. The molecule has 2 nitrogen and oxygen atoms in total. The average Bonchev–Trinajstić information content (AvgIpc) is 2.69. The first-order chi connectivity index (χ1) is 4.83. The highest BCUT2D eigenvalue weighted by atomic mass is 16.6. The fraction of sp³-hybridized carbons (Fsp3) is 0.875. The molecule has 2 aliphatic rings. The van der Waals surface area contributed by atoms with Crippen LogP contribution in [0.15, 0.2) is 0 Å². The van der Waals surface area contributed by atoms with E-state index in [0.29, 0.717) is 12.4 Å². The highest BCUT2D eigenvalue weighted by Crippen LogP contribution is 2.37. The van der Waals surface area contributed by atoms with Gasteiger partial charge in [0.05, 0.1) is 6.61 Å². The fourth-order valence-corrected chi connectivity index (χ4v) is 1.63. The van der Waals surface area contributed by atoms with E-state index in [2.05, 4.69) is 0 Å². The molecule has 1 spiro atoms. The average molecular weight is 140 g/mol. The lowest BCUT2D eigenvalue weighted by Gasteiger charge is -2.03. The van der Waals surface area contributed by atoms with E-state index in [1.807, 2.05) is 0 Å². The molecular weight excluding hydrogens is 128 g/mol. The van der Waals surface area contributed by atoms with Crippen molar-refractivity contribution in [3.05, 3.63) is 0 Å². The lowest BCUT2D eigenvalue weighted by molar-refractivity contribution is -0.123. The SMILES string of the molecule is O=C1CCCCC[C@]12CO2.